The minimum Gasteiger partial charge on any atom is -0.444 e. The molecule has 3 aliphatic rings. The van der Waals surface area contributed by atoms with E-state index in [9.17, 15) is 14.4 Å². The van der Waals surface area contributed by atoms with Crippen LogP contribution in [-0.2, 0) is 20.0 Å². The Bertz CT molecular complexity index is 1160. The van der Waals surface area contributed by atoms with E-state index in [2.05, 4.69) is 15.9 Å². The molecule has 0 N–H and O–H groups in total. The molecule has 2 atom stereocenters. The predicted molar refractivity (Wildman–Crippen MR) is 125 cm³/mol. The largest absolute Gasteiger partial charge is 0.444 e. The van der Waals surface area contributed by atoms with Gasteiger partial charge >= 0.3 is 6.09 Å². The van der Waals surface area contributed by atoms with Gasteiger partial charge in [-0.05, 0) is 48.3 Å². The Morgan fingerprint density at radius 1 is 1.09 bits per heavy atom. The second-order valence-corrected chi connectivity index (χ2v) is 10.3. The fourth-order valence-corrected chi connectivity index (χ4v) is 5.72. The summed E-state index contributed by atoms with van der Waals surface area (Å²) in [5.41, 5.74) is -0.485. The molecule has 1 spiro atoms. The van der Waals surface area contributed by atoms with E-state index in [0.717, 1.165) is 5.56 Å². The van der Waals surface area contributed by atoms with Crippen LogP contribution < -0.4 is 4.90 Å². The average Bonchev–Trinajstić information content (AvgIpc) is 3.35. The van der Waals surface area contributed by atoms with Crippen molar-refractivity contribution in [3.05, 3.63) is 64.1 Å². The number of rotatable bonds is 1. The van der Waals surface area contributed by atoms with Gasteiger partial charge < -0.3 is 9.64 Å². The molecule has 172 valence electrons. The lowest BCUT2D eigenvalue weighted by Crippen LogP contribution is -2.60. The van der Waals surface area contributed by atoms with E-state index in [1.54, 1.807) is 33.9 Å². The smallest absolute Gasteiger partial charge is 0.414 e. The van der Waals surface area contributed by atoms with Gasteiger partial charge in [0.1, 0.15) is 11.8 Å². The van der Waals surface area contributed by atoms with Crippen molar-refractivity contribution in [1.82, 2.24) is 14.9 Å². The van der Waals surface area contributed by atoms with Crippen LogP contribution in [0.15, 0.2) is 53.0 Å². The summed E-state index contributed by atoms with van der Waals surface area (Å²) in [6.07, 6.45) is -1.09. The SMILES string of the molecule is CN1C(=O)[C@@]2(c3cccc(Br)c31)N(C(=O)OC(C)(C)C)[C@H](c1ccccc1)N1CCC(=O)N12. The normalized spacial score (nSPS) is 24.6. The Labute approximate surface area is 200 Å². The number of fused-ring (bicyclic) bond motifs is 4. The summed E-state index contributed by atoms with van der Waals surface area (Å²) < 4.78 is 6.54. The minimum atomic E-state index is -1.68. The molecule has 5 rings (SSSR count). The Kier molecular flexibility index (Phi) is 4.84. The zero-order chi connectivity index (χ0) is 23.7. The van der Waals surface area contributed by atoms with Crippen LogP contribution in [0.1, 0.15) is 44.5 Å². The lowest BCUT2D eigenvalue weighted by atomic mass is 9.97. The van der Waals surface area contributed by atoms with Crippen molar-refractivity contribution in [1.29, 1.82) is 0 Å². The second kappa shape index (κ2) is 7.30. The first-order valence-corrected chi connectivity index (χ1v) is 11.6. The fourth-order valence-electron chi connectivity index (χ4n) is 5.08. The van der Waals surface area contributed by atoms with Crippen LogP contribution in [-0.4, -0.2) is 52.0 Å². The van der Waals surface area contributed by atoms with Gasteiger partial charge in [0.2, 0.25) is 11.6 Å². The molecule has 2 aromatic rings. The highest BCUT2D eigenvalue weighted by atomic mass is 79.9. The highest BCUT2D eigenvalue weighted by molar-refractivity contribution is 9.10. The van der Waals surface area contributed by atoms with Crippen LogP contribution in [0.4, 0.5) is 10.5 Å². The standard InChI is InChI=1S/C24H25BrN4O4/c1-23(2,3)33-22(32)28-20(15-9-6-5-7-10-15)27-14-13-18(30)29(27)24(28)16-11-8-12-17(25)19(16)26(4)21(24)31/h5-12,20H,13-14H2,1-4H3/t20-,24+/m1/s1. The number of benzene rings is 2. The predicted octanol–water partition coefficient (Wildman–Crippen LogP) is 3.98. The van der Waals surface area contributed by atoms with Gasteiger partial charge in [-0.2, -0.15) is 5.01 Å². The highest BCUT2D eigenvalue weighted by Gasteiger charge is 2.72. The second-order valence-electron chi connectivity index (χ2n) is 9.43. The summed E-state index contributed by atoms with van der Waals surface area (Å²) in [5.74, 6) is -0.592. The first kappa shape index (κ1) is 21.9. The number of ether oxygens (including phenoxy) is 1. The van der Waals surface area contributed by atoms with E-state index < -0.39 is 23.5 Å². The Morgan fingerprint density at radius 3 is 2.45 bits per heavy atom. The summed E-state index contributed by atoms with van der Waals surface area (Å²) in [4.78, 5) is 44.2. The molecule has 2 saturated heterocycles. The van der Waals surface area contributed by atoms with Crippen molar-refractivity contribution >= 4 is 39.5 Å². The van der Waals surface area contributed by atoms with Gasteiger partial charge in [-0.3, -0.25) is 9.59 Å². The van der Waals surface area contributed by atoms with Crippen LogP contribution in [0.3, 0.4) is 0 Å². The molecule has 3 aliphatic heterocycles. The minimum absolute atomic E-state index is 0.212. The third kappa shape index (κ3) is 2.95. The molecule has 33 heavy (non-hydrogen) atoms. The lowest BCUT2D eigenvalue weighted by Gasteiger charge is -2.38. The molecule has 2 fully saturated rings. The Balaban J connectivity index is 1.82. The van der Waals surface area contributed by atoms with Gasteiger partial charge in [0.05, 0.1) is 5.69 Å². The summed E-state index contributed by atoms with van der Waals surface area (Å²) in [6, 6.07) is 14.9. The summed E-state index contributed by atoms with van der Waals surface area (Å²) >= 11 is 3.55. The molecule has 0 unspecified atom stereocenters. The van der Waals surface area contributed by atoms with Crippen LogP contribution in [0.2, 0.25) is 0 Å². The number of carbonyl (C=O) groups excluding carboxylic acids is 3. The fraction of sp³-hybridized carbons (Fsp3) is 0.375. The number of carbonyl (C=O) groups is 3. The number of hydrogen-bond donors (Lipinski definition) is 0. The van der Waals surface area contributed by atoms with Crippen LogP contribution in [0.5, 0.6) is 0 Å². The summed E-state index contributed by atoms with van der Waals surface area (Å²) in [7, 11) is 1.66. The number of anilines is 1. The number of hydrazine groups is 1. The maximum absolute atomic E-state index is 14.1. The van der Waals surface area contributed by atoms with Crippen LogP contribution >= 0.6 is 15.9 Å². The van der Waals surface area contributed by atoms with E-state index in [4.69, 9.17) is 4.74 Å². The molecule has 3 heterocycles. The number of nitrogens with zero attached hydrogens (tertiary/aromatic N) is 4. The number of para-hydroxylation sites is 1. The van der Waals surface area contributed by atoms with Gasteiger partial charge in [-0.15, -0.1) is 0 Å². The average molecular weight is 513 g/mol. The van der Waals surface area contributed by atoms with Crippen molar-refractivity contribution in [2.45, 2.75) is 44.6 Å². The van der Waals surface area contributed by atoms with Crippen molar-refractivity contribution < 1.29 is 19.1 Å². The van der Waals surface area contributed by atoms with E-state index >= 15 is 0 Å². The maximum atomic E-state index is 14.1. The van der Waals surface area contributed by atoms with E-state index in [1.165, 1.54) is 14.8 Å². The number of amides is 3. The first-order valence-electron chi connectivity index (χ1n) is 10.8. The molecule has 0 aromatic heterocycles. The van der Waals surface area contributed by atoms with Gasteiger partial charge in [0, 0.05) is 30.0 Å². The lowest BCUT2D eigenvalue weighted by molar-refractivity contribution is -0.157. The Morgan fingerprint density at radius 2 is 1.79 bits per heavy atom. The molecule has 0 radical (unpaired) electrons. The zero-order valence-electron chi connectivity index (χ0n) is 18.9. The van der Waals surface area contributed by atoms with Gasteiger partial charge in [0.15, 0.2) is 0 Å². The third-order valence-electron chi connectivity index (χ3n) is 6.22. The van der Waals surface area contributed by atoms with Gasteiger partial charge in [0.25, 0.3) is 5.91 Å². The van der Waals surface area contributed by atoms with Crippen molar-refractivity contribution in [3.8, 4) is 0 Å². The third-order valence-corrected chi connectivity index (χ3v) is 6.86. The molecule has 0 aliphatic carbocycles. The van der Waals surface area contributed by atoms with Crippen LogP contribution in [0, 0.1) is 0 Å². The number of hydrogen-bond acceptors (Lipinski definition) is 5. The van der Waals surface area contributed by atoms with E-state index in [1.807, 2.05) is 47.5 Å². The molecule has 0 saturated carbocycles. The van der Waals surface area contributed by atoms with Crippen molar-refractivity contribution in [2.75, 3.05) is 18.5 Å². The zero-order valence-corrected chi connectivity index (χ0v) is 20.5. The van der Waals surface area contributed by atoms with Crippen molar-refractivity contribution in [2.24, 2.45) is 0 Å². The van der Waals surface area contributed by atoms with Crippen LogP contribution in [0.25, 0.3) is 0 Å². The van der Waals surface area contributed by atoms with Crippen molar-refractivity contribution in [3.63, 3.8) is 0 Å². The highest BCUT2D eigenvalue weighted by Crippen LogP contribution is 2.58. The molecule has 2 aromatic carbocycles. The molecular formula is C24H25BrN4O4. The summed E-state index contributed by atoms with van der Waals surface area (Å²) in [6.45, 7) is 5.74. The van der Waals surface area contributed by atoms with E-state index in [0.29, 0.717) is 22.3 Å². The monoisotopic (exact) mass is 512 g/mol. The molecule has 0 bridgehead atoms. The molecule has 9 heteroatoms. The van der Waals surface area contributed by atoms with E-state index in [-0.39, 0.29) is 18.2 Å². The molecular weight excluding hydrogens is 488 g/mol. The van der Waals surface area contributed by atoms with Gasteiger partial charge in [-0.1, -0.05) is 42.5 Å². The number of likely N-dealkylation sites (N-methyl/N-ethyl adjacent to an activating group) is 1. The maximum Gasteiger partial charge on any atom is 0.414 e. The first-order chi connectivity index (χ1) is 15.6. The topological polar surface area (TPSA) is 73.4 Å². The Hall–Kier alpha value is -2.91. The van der Waals surface area contributed by atoms with Gasteiger partial charge in [-0.25, -0.2) is 14.7 Å². The molecule has 8 nitrogen and oxygen atoms in total. The molecule has 3 amide bonds. The summed E-state index contributed by atoms with van der Waals surface area (Å²) in [5, 5.41) is 3.30. The quantitative estimate of drug-likeness (QED) is 0.577. The number of halogens is 1.